The van der Waals surface area contributed by atoms with E-state index in [9.17, 15) is 9.90 Å². The van der Waals surface area contributed by atoms with Crippen LogP contribution in [0.1, 0.15) is 31.7 Å². The molecule has 0 saturated carbocycles. The maximum absolute atomic E-state index is 12.4. The first-order valence-corrected chi connectivity index (χ1v) is 7.14. The highest BCUT2D eigenvalue weighted by Gasteiger charge is 2.27. The minimum absolute atomic E-state index is 0.104. The van der Waals surface area contributed by atoms with Gasteiger partial charge in [-0.25, -0.2) is 0 Å². The fourth-order valence-electron chi connectivity index (χ4n) is 2.64. The van der Waals surface area contributed by atoms with Gasteiger partial charge in [0.1, 0.15) is 5.75 Å². The van der Waals surface area contributed by atoms with Crippen molar-refractivity contribution in [3.8, 4) is 5.75 Å². The van der Waals surface area contributed by atoms with E-state index >= 15 is 0 Å². The number of hydrogen-bond donors (Lipinski definition) is 1. The number of amides is 1. The van der Waals surface area contributed by atoms with Gasteiger partial charge in [0.25, 0.3) is 0 Å². The summed E-state index contributed by atoms with van der Waals surface area (Å²) in [5, 5.41) is 10.1. The molecule has 1 aromatic rings. The zero-order valence-electron chi connectivity index (χ0n) is 12.3. The van der Waals surface area contributed by atoms with E-state index in [1.165, 1.54) is 0 Å². The first-order chi connectivity index (χ1) is 9.52. The molecule has 1 N–H and O–H groups in total. The molecule has 4 nitrogen and oxygen atoms in total. The first-order valence-electron chi connectivity index (χ1n) is 7.14. The molecular formula is C16H23NO3. The third-order valence-electron chi connectivity index (χ3n) is 3.95. The molecule has 0 radical (unpaired) electrons. The van der Waals surface area contributed by atoms with Gasteiger partial charge in [0.15, 0.2) is 0 Å². The summed E-state index contributed by atoms with van der Waals surface area (Å²) in [6, 6.07) is 7.61. The van der Waals surface area contributed by atoms with Crippen LogP contribution in [-0.4, -0.2) is 41.7 Å². The van der Waals surface area contributed by atoms with Gasteiger partial charge in [-0.2, -0.15) is 0 Å². The second-order valence-corrected chi connectivity index (χ2v) is 5.72. The largest absolute Gasteiger partial charge is 0.496 e. The van der Waals surface area contributed by atoms with Gasteiger partial charge in [0.2, 0.25) is 5.91 Å². The van der Waals surface area contributed by atoms with Gasteiger partial charge in [-0.15, -0.1) is 0 Å². The van der Waals surface area contributed by atoms with Gasteiger partial charge < -0.3 is 14.7 Å². The number of carbonyl (C=O) groups excluding carboxylic acids is 1. The van der Waals surface area contributed by atoms with Crippen LogP contribution in [0, 0.1) is 0 Å². The van der Waals surface area contributed by atoms with Gasteiger partial charge in [0, 0.05) is 18.7 Å². The Balaban J connectivity index is 2.01. The Bertz CT molecular complexity index is 471. The molecule has 0 aliphatic carbocycles. The Labute approximate surface area is 120 Å². The average molecular weight is 277 g/mol. The summed E-state index contributed by atoms with van der Waals surface area (Å²) in [5.74, 6) is 0.856. The predicted octanol–water partition coefficient (Wildman–Crippen LogP) is 2.00. The molecule has 110 valence electrons. The topological polar surface area (TPSA) is 49.8 Å². The lowest BCUT2D eigenvalue weighted by atomic mass is 9.98. The number of nitrogens with zero attached hydrogens (tertiary/aromatic N) is 1. The van der Waals surface area contributed by atoms with Gasteiger partial charge >= 0.3 is 0 Å². The Hall–Kier alpha value is -1.55. The Morgan fingerprint density at radius 2 is 2.10 bits per heavy atom. The minimum Gasteiger partial charge on any atom is -0.496 e. The average Bonchev–Trinajstić information content (AvgIpc) is 2.60. The number of benzene rings is 1. The molecular weight excluding hydrogens is 254 g/mol. The van der Waals surface area contributed by atoms with Gasteiger partial charge in [-0.1, -0.05) is 18.2 Å². The molecule has 1 atom stereocenters. The van der Waals surface area contributed by atoms with E-state index in [0.29, 0.717) is 19.4 Å². The number of rotatable bonds is 3. The third-order valence-corrected chi connectivity index (χ3v) is 3.95. The first kappa shape index (κ1) is 14.9. The van der Waals surface area contributed by atoms with E-state index < -0.39 is 5.60 Å². The number of likely N-dealkylation sites (tertiary alicyclic amines) is 1. The second-order valence-electron chi connectivity index (χ2n) is 5.72. The summed E-state index contributed by atoms with van der Waals surface area (Å²) in [6.45, 7) is 3.20. The molecule has 0 bridgehead atoms. The van der Waals surface area contributed by atoms with E-state index in [0.717, 1.165) is 30.7 Å². The Morgan fingerprint density at radius 3 is 2.85 bits per heavy atom. The summed E-state index contributed by atoms with van der Waals surface area (Å²) in [6.07, 6.45) is 2.60. The van der Waals surface area contributed by atoms with Crippen LogP contribution >= 0.6 is 0 Å². The molecule has 1 aliphatic heterocycles. The number of aliphatic hydroxyl groups is 1. The van der Waals surface area contributed by atoms with Crippen molar-refractivity contribution in [2.45, 2.75) is 38.2 Å². The molecule has 1 unspecified atom stereocenters. The van der Waals surface area contributed by atoms with Crippen molar-refractivity contribution in [2.24, 2.45) is 0 Å². The molecule has 1 fully saturated rings. The number of ether oxygens (including phenoxy) is 1. The molecule has 1 amide bonds. The molecule has 1 aliphatic rings. The Morgan fingerprint density at radius 1 is 1.35 bits per heavy atom. The summed E-state index contributed by atoms with van der Waals surface area (Å²) >= 11 is 0. The summed E-state index contributed by atoms with van der Waals surface area (Å²) in [7, 11) is 1.62. The van der Waals surface area contributed by atoms with E-state index in [-0.39, 0.29) is 5.91 Å². The van der Waals surface area contributed by atoms with E-state index in [2.05, 4.69) is 0 Å². The van der Waals surface area contributed by atoms with Crippen LogP contribution in [0.15, 0.2) is 24.3 Å². The second kappa shape index (κ2) is 6.27. The summed E-state index contributed by atoms with van der Waals surface area (Å²) < 4.78 is 5.28. The normalized spacial score (nSPS) is 23.2. The smallest absolute Gasteiger partial charge is 0.227 e. The van der Waals surface area contributed by atoms with Gasteiger partial charge in [-0.05, 0) is 32.3 Å². The minimum atomic E-state index is -0.639. The molecule has 0 aromatic heterocycles. The van der Waals surface area contributed by atoms with E-state index in [4.69, 9.17) is 4.74 Å². The molecule has 20 heavy (non-hydrogen) atoms. The molecule has 0 spiro atoms. The van der Waals surface area contributed by atoms with Gasteiger partial charge in [0.05, 0.1) is 19.1 Å². The highest BCUT2D eigenvalue weighted by Crippen LogP contribution is 2.23. The van der Waals surface area contributed by atoms with Crippen molar-refractivity contribution in [1.82, 2.24) is 4.90 Å². The highest BCUT2D eigenvalue weighted by atomic mass is 16.5. The number of hydrogen-bond acceptors (Lipinski definition) is 3. The molecule has 1 heterocycles. The molecule has 1 aromatic carbocycles. The monoisotopic (exact) mass is 277 g/mol. The van der Waals surface area contributed by atoms with Crippen molar-refractivity contribution in [2.75, 3.05) is 20.2 Å². The standard InChI is InChI=1S/C16H23NO3/c1-16(19)8-5-10-17(11-9-16)15(18)12-13-6-3-4-7-14(13)20-2/h3-4,6-7,19H,5,8-12H2,1-2H3. The maximum Gasteiger partial charge on any atom is 0.227 e. The Kier molecular flexibility index (Phi) is 4.65. The fourth-order valence-corrected chi connectivity index (χ4v) is 2.64. The maximum atomic E-state index is 12.4. The van der Waals surface area contributed by atoms with Crippen molar-refractivity contribution in [3.05, 3.63) is 29.8 Å². The lowest BCUT2D eigenvalue weighted by Crippen LogP contribution is -2.34. The molecule has 4 heteroatoms. The van der Waals surface area contributed by atoms with Crippen molar-refractivity contribution in [1.29, 1.82) is 0 Å². The van der Waals surface area contributed by atoms with Crippen LogP contribution in [0.3, 0.4) is 0 Å². The number of methoxy groups -OCH3 is 1. The zero-order chi connectivity index (χ0) is 14.6. The van der Waals surface area contributed by atoms with Crippen LogP contribution in [0.2, 0.25) is 0 Å². The van der Waals surface area contributed by atoms with Crippen LogP contribution in [0.5, 0.6) is 5.75 Å². The van der Waals surface area contributed by atoms with Crippen LogP contribution < -0.4 is 4.74 Å². The van der Waals surface area contributed by atoms with Crippen LogP contribution in [-0.2, 0) is 11.2 Å². The summed E-state index contributed by atoms with van der Waals surface area (Å²) in [5.41, 5.74) is 0.274. The van der Waals surface area contributed by atoms with Crippen LogP contribution in [0.4, 0.5) is 0 Å². The van der Waals surface area contributed by atoms with Crippen molar-refractivity contribution >= 4 is 5.91 Å². The zero-order valence-corrected chi connectivity index (χ0v) is 12.3. The lowest BCUT2D eigenvalue weighted by Gasteiger charge is -2.23. The third kappa shape index (κ3) is 3.73. The lowest BCUT2D eigenvalue weighted by molar-refractivity contribution is -0.130. The highest BCUT2D eigenvalue weighted by molar-refractivity contribution is 5.79. The van der Waals surface area contributed by atoms with Crippen molar-refractivity contribution < 1.29 is 14.6 Å². The van der Waals surface area contributed by atoms with Gasteiger partial charge in [-0.3, -0.25) is 4.79 Å². The number of carbonyl (C=O) groups is 1. The fraction of sp³-hybridized carbons (Fsp3) is 0.562. The van der Waals surface area contributed by atoms with Crippen LogP contribution in [0.25, 0.3) is 0 Å². The molecule has 1 saturated heterocycles. The van der Waals surface area contributed by atoms with E-state index in [1.807, 2.05) is 36.1 Å². The number of para-hydroxylation sites is 1. The molecule has 2 rings (SSSR count). The van der Waals surface area contributed by atoms with Crippen molar-refractivity contribution in [3.63, 3.8) is 0 Å². The SMILES string of the molecule is COc1ccccc1CC(=O)N1CCCC(C)(O)CC1. The predicted molar refractivity (Wildman–Crippen MR) is 77.8 cm³/mol. The summed E-state index contributed by atoms with van der Waals surface area (Å²) in [4.78, 5) is 14.2. The van der Waals surface area contributed by atoms with E-state index in [1.54, 1.807) is 7.11 Å². The quantitative estimate of drug-likeness (QED) is 0.919.